The summed E-state index contributed by atoms with van der Waals surface area (Å²) in [5, 5.41) is 2.65. The summed E-state index contributed by atoms with van der Waals surface area (Å²) in [7, 11) is 3.07. The summed E-state index contributed by atoms with van der Waals surface area (Å²) < 4.78 is 10.2. The largest absolute Gasteiger partial charge is 0.497 e. The molecule has 1 aromatic rings. The highest BCUT2D eigenvalue weighted by Crippen LogP contribution is 2.11. The second-order valence-electron chi connectivity index (χ2n) is 4.81. The Labute approximate surface area is 120 Å². The lowest BCUT2D eigenvalue weighted by atomic mass is 10.1. The van der Waals surface area contributed by atoms with E-state index >= 15 is 0 Å². The van der Waals surface area contributed by atoms with Crippen LogP contribution in [0.15, 0.2) is 29.3 Å². The highest BCUT2D eigenvalue weighted by Gasteiger charge is 2.12. The number of carbonyl (C=O) groups is 1. The Morgan fingerprint density at radius 1 is 1.15 bits per heavy atom. The molecule has 1 N–H and O–H groups in total. The number of hydrogen-bond donors (Lipinski definition) is 1. The van der Waals surface area contributed by atoms with Gasteiger partial charge in [-0.05, 0) is 37.1 Å². The number of aliphatic imine (C=N–C) groups is 1. The fourth-order valence-electron chi connectivity index (χ4n) is 1.38. The number of hydrogen-bond acceptors (Lipinski definition) is 4. The molecule has 0 spiro atoms. The van der Waals surface area contributed by atoms with Gasteiger partial charge in [-0.25, -0.2) is 4.99 Å². The fourth-order valence-corrected chi connectivity index (χ4v) is 1.38. The molecule has 0 radical (unpaired) electrons. The number of benzene rings is 1. The van der Waals surface area contributed by atoms with E-state index in [0.717, 1.165) is 0 Å². The van der Waals surface area contributed by atoms with Crippen molar-refractivity contribution in [3.05, 3.63) is 29.8 Å². The first-order chi connectivity index (χ1) is 9.47. The van der Waals surface area contributed by atoms with E-state index < -0.39 is 0 Å². The van der Waals surface area contributed by atoms with E-state index in [1.54, 1.807) is 31.4 Å². The number of methoxy groups -OCH3 is 2. The average Bonchev–Trinajstić information content (AvgIpc) is 2.46. The van der Waals surface area contributed by atoms with Crippen molar-refractivity contribution in [3.63, 3.8) is 0 Å². The summed E-state index contributed by atoms with van der Waals surface area (Å²) in [5.41, 5.74) is 0.521. The molecule has 5 nitrogen and oxygen atoms in total. The topological polar surface area (TPSA) is 59.9 Å². The van der Waals surface area contributed by atoms with E-state index in [2.05, 4.69) is 24.2 Å². The first-order valence-corrected chi connectivity index (χ1v) is 6.55. The van der Waals surface area contributed by atoms with Crippen LogP contribution in [0.2, 0.25) is 0 Å². The van der Waals surface area contributed by atoms with Gasteiger partial charge in [0.15, 0.2) is 0 Å². The van der Waals surface area contributed by atoms with Crippen LogP contribution in [-0.4, -0.2) is 32.2 Å². The molecule has 0 saturated heterocycles. The standard InChI is InChI=1S/C15H22N2O3/c1-10(2)11(3)16-15(20-5)17-14(18)12-6-8-13(19-4)9-7-12/h6-11H,1-5H3,(H,16,17,18)/t11-/m1/s1. The molecule has 0 aromatic heterocycles. The lowest BCUT2D eigenvalue weighted by Crippen LogP contribution is -2.33. The van der Waals surface area contributed by atoms with Crippen molar-refractivity contribution in [1.82, 2.24) is 5.32 Å². The van der Waals surface area contributed by atoms with E-state index in [1.165, 1.54) is 7.11 Å². The van der Waals surface area contributed by atoms with Gasteiger partial charge in [0.1, 0.15) is 5.75 Å². The molecule has 1 amide bonds. The molecule has 0 bridgehead atoms. The predicted octanol–water partition coefficient (Wildman–Crippen LogP) is 2.47. The predicted molar refractivity (Wildman–Crippen MR) is 79.2 cm³/mol. The second-order valence-corrected chi connectivity index (χ2v) is 4.81. The summed E-state index contributed by atoms with van der Waals surface area (Å²) >= 11 is 0. The Balaban J connectivity index is 2.76. The molecule has 0 unspecified atom stereocenters. The van der Waals surface area contributed by atoms with E-state index in [4.69, 9.17) is 9.47 Å². The van der Waals surface area contributed by atoms with Crippen molar-refractivity contribution >= 4 is 11.9 Å². The van der Waals surface area contributed by atoms with Crippen LogP contribution in [0.5, 0.6) is 5.75 Å². The van der Waals surface area contributed by atoms with Gasteiger partial charge < -0.3 is 9.47 Å². The molecular weight excluding hydrogens is 256 g/mol. The molecule has 0 fully saturated rings. The lowest BCUT2D eigenvalue weighted by molar-refractivity contribution is 0.0968. The summed E-state index contributed by atoms with van der Waals surface area (Å²) in [6, 6.07) is 7.14. The van der Waals surface area contributed by atoms with Crippen LogP contribution in [0.1, 0.15) is 31.1 Å². The molecule has 0 saturated carbocycles. The quantitative estimate of drug-likeness (QED) is 0.680. The van der Waals surface area contributed by atoms with E-state index in [9.17, 15) is 4.79 Å². The molecule has 20 heavy (non-hydrogen) atoms. The third-order valence-corrected chi connectivity index (χ3v) is 3.05. The zero-order valence-corrected chi connectivity index (χ0v) is 12.6. The Hall–Kier alpha value is -2.04. The Morgan fingerprint density at radius 3 is 2.20 bits per heavy atom. The summed E-state index contributed by atoms with van der Waals surface area (Å²) in [4.78, 5) is 16.4. The second kappa shape index (κ2) is 7.53. The molecule has 1 rings (SSSR count). The van der Waals surface area contributed by atoms with Gasteiger partial charge in [-0.1, -0.05) is 13.8 Å². The van der Waals surface area contributed by atoms with Gasteiger partial charge >= 0.3 is 0 Å². The van der Waals surface area contributed by atoms with Gasteiger partial charge in [0.2, 0.25) is 0 Å². The van der Waals surface area contributed by atoms with E-state index in [-0.39, 0.29) is 18.0 Å². The van der Waals surface area contributed by atoms with Crippen LogP contribution in [0.4, 0.5) is 0 Å². The average molecular weight is 278 g/mol. The Kier molecular flexibility index (Phi) is 6.03. The van der Waals surface area contributed by atoms with Crippen LogP contribution in [0, 0.1) is 5.92 Å². The molecule has 1 atom stereocenters. The van der Waals surface area contributed by atoms with Crippen molar-refractivity contribution in [2.45, 2.75) is 26.8 Å². The number of amidine groups is 1. The highest BCUT2D eigenvalue weighted by atomic mass is 16.5. The van der Waals surface area contributed by atoms with Gasteiger partial charge in [0.05, 0.1) is 20.3 Å². The summed E-state index contributed by atoms with van der Waals surface area (Å²) in [6.07, 6.45) is 0. The third kappa shape index (κ3) is 4.57. The maximum Gasteiger partial charge on any atom is 0.291 e. The minimum Gasteiger partial charge on any atom is -0.497 e. The maximum atomic E-state index is 12.1. The van der Waals surface area contributed by atoms with Crippen LogP contribution >= 0.6 is 0 Å². The Bertz CT molecular complexity index is 467. The van der Waals surface area contributed by atoms with Crippen LogP contribution in [0.3, 0.4) is 0 Å². The first-order valence-electron chi connectivity index (χ1n) is 6.55. The van der Waals surface area contributed by atoms with Gasteiger partial charge in [0, 0.05) is 5.56 Å². The number of rotatable bonds is 4. The number of carbonyl (C=O) groups excluding carboxylic acids is 1. The third-order valence-electron chi connectivity index (χ3n) is 3.05. The molecule has 5 heteroatoms. The van der Waals surface area contributed by atoms with Crippen molar-refractivity contribution in [2.24, 2.45) is 10.9 Å². The van der Waals surface area contributed by atoms with Gasteiger partial charge in [-0.2, -0.15) is 0 Å². The maximum absolute atomic E-state index is 12.1. The lowest BCUT2D eigenvalue weighted by Gasteiger charge is -2.13. The highest BCUT2D eigenvalue weighted by molar-refractivity contribution is 6.04. The van der Waals surface area contributed by atoms with Crippen LogP contribution in [-0.2, 0) is 4.74 Å². The van der Waals surface area contributed by atoms with Crippen molar-refractivity contribution < 1.29 is 14.3 Å². The van der Waals surface area contributed by atoms with Crippen LogP contribution < -0.4 is 10.1 Å². The van der Waals surface area contributed by atoms with Crippen molar-refractivity contribution in [2.75, 3.05) is 14.2 Å². The Morgan fingerprint density at radius 2 is 1.75 bits per heavy atom. The minimum absolute atomic E-state index is 0.0705. The summed E-state index contributed by atoms with van der Waals surface area (Å²) in [5.74, 6) is 0.817. The van der Waals surface area contributed by atoms with Gasteiger partial charge in [-0.15, -0.1) is 0 Å². The molecule has 0 aliphatic heterocycles. The molecule has 1 aromatic carbocycles. The zero-order valence-electron chi connectivity index (χ0n) is 12.6. The number of ether oxygens (including phenoxy) is 2. The molecular formula is C15H22N2O3. The smallest absolute Gasteiger partial charge is 0.291 e. The SMILES string of the molecule is COC(=N[C@H](C)C(C)C)NC(=O)c1ccc(OC)cc1. The molecule has 0 aliphatic rings. The summed E-state index contributed by atoms with van der Waals surface area (Å²) in [6.45, 7) is 6.10. The molecule has 0 heterocycles. The molecule has 110 valence electrons. The fraction of sp³-hybridized carbons (Fsp3) is 0.467. The van der Waals surface area contributed by atoms with Gasteiger partial charge in [-0.3, -0.25) is 10.1 Å². The first kappa shape index (κ1) is 16.0. The number of nitrogens with one attached hydrogen (secondary N) is 1. The van der Waals surface area contributed by atoms with Crippen molar-refractivity contribution in [1.29, 1.82) is 0 Å². The van der Waals surface area contributed by atoms with Crippen molar-refractivity contribution in [3.8, 4) is 5.75 Å². The number of nitrogens with zero attached hydrogens (tertiary/aromatic N) is 1. The monoisotopic (exact) mass is 278 g/mol. The zero-order chi connectivity index (χ0) is 15.1. The van der Waals surface area contributed by atoms with Crippen LogP contribution in [0.25, 0.3) is 0 Å². The molecule has 0 aliphatic carbocycles. The van der Waals surface area contributed by atoms with E-state index in [1.807, 2.05) is 6.92 Å². The minimum atomic E-state index is -0.260. The van der Waals surface area contributed by atoms with Gasteiger partial charge in [0.25, 0.3) is 11.9 Å². The normalized spacial score (nSPS) is 13.0. The van der Waals surface area contributed by atoms with E-state index in [0.29, 0.717) is 17.2 Å². The number of amides is 1.